The van der Waals surface area contributed by atoms with E-state index >= 15 is 0 Å². The minimum absolute atomic E-state index is 0.0177. The third kappa shape index (κ3) is 4.55. The first kappa shape index (κ1) is 19.5. The summed E-state index contributed by atoms with van der Waals surface area (Å²) in [6.45, 7) is 2.02. The summed E-state index contributed by atoms with van der Waals surface area (Å²) in [5.74, 6) is -1.26. The summed E-state index contributed by atoms with van der Waals surface area (Å²) >= 11 is 7.31. The summed E-state index contributed by atoms with van der Waals surface area (Å²) in [5, 5.41) is 4.40. The Morgan fingerprint density at radius 2 is 2.00 bits per heavy atom. The van der Waals surface area contributed by atoms with Crippen LogP contribution in [0, 0.1) is 18.6 Å². The number of aromatic nitrogens is 1. The van der Waals surface area contributed by atoms with Gasteiger partial charge in [-0.15, -0.1) is 11.3 Å². The highest BCUT2D eigenvalue weighted by Crippen LogP contribution is 2.29. The molecule has 1 aromatic heterocycles. The van der Waals surface area contributed by atoms with Crippen molar-refractivity contribution in [2.75, 3.05) is 10.0 Å². The van der Waals surface area contributed by atoms with Gasteiger partial charge in [0.05, 0.1) is 16.2 Å². The zero-order chi connectivity index (χ0) is 19.6. The van der Waals surface area contributed by atoms with Crippen molar-refractivity contribution in [3.8, 4) is 0 Å². The quantitative estimate of drug-likeness (QED) is 0.590. The molecule has 0 amide bonds. The molecule has 0 atom stereocenters. The highest BCUT2D eigenvalue weighted by molar-refractivity contribution is 7.92. The number of nitrogens with one attached hydrogen (secondary N) is 2. The molecule has 0 saturated heterocycles. The zero-order valence-corrected chi connectivity index (χ0v) is 16.4. The fourth-order valence-electron chi connectivity index (χ4n) is 2.35. The van der Waals surface area contributed by atoms with Gasteiger partial charge in [0, 0.05) is 11.9 Å². The van der Waals surface area contributed by atoms with Gasteiger partial charge in [0.25, 0.3) is 10.0 Å². The van der Waals surface area contributed by atoms with Gasteiger partial charge in [0.1, 0.15) is 16.5 Å². The normalized spacial score (nSPS) is 11.4. The molecule has 0 aliphatic heterocycles. The van der Waals surface area contributed by atoms with Crippen molar-refractivity contribution in [1.82, 2.24) is 4.98 Å². The minimum atomic E-state index is -4.18. The van der Waals surface area contributed by atoms with E-state index < -0.39 is 20.7 Å². The van der Waals surface area contributed by atoms with Gasteiger partial charge in [0.15, 0.2) is 5.82 Å². The minimum Gasteiger partial charge on any atom is -0.380 e. The molecule has 0 saturated carbocycles. The second-order valence-corrected chi connectivity index (χ2v) is 8.44. The van der Waals surface area contributed by atoms with Crippen molar-refractivity contribution in [3.63, 3.8) is 0 Å². The van der Waals surface area contributed by atoms with Crippen LogP contribution in [0.4, 0.5) is 20.3 Å². The van der Waals surface area contributed by atoms with Crippen LogP contribution in [-0.2, 0) is 16.6 Å². The summed E-state index contributed by atoms with van der Waals surface area (Å²) in [7, 11) is -4.18. The van der Waals surface area contributed by atoms with Crippen molar-refractivity contribution in [3.05, 3.63) is 69.0 Å². The van der Waals surface area contributed by atoms with E-state index in [1.165, 1.54) is 34.4 Å². The molecule has 0 bridgehead atoms. The van der Waals surface area contributed by atoms with Gasteiger partial charge in [-0.1, -0.05) is 17.7 Å². The maximum atomic E-state index is 14.4. The molecule has 10 heteroatoms. The maximum absolute atomic E-state index is 14.4. The monoisotopic (exact) mass is 429 g/mol. The molecule has 0 fully saturated rings. The highest BCUT2D eigenvalue weighted by Gasteiger charge is 2.22. The van der Waals surface area contributed by atoms with E-state index in [1.807, 2.05) is 6.92 Å². The summed E-state index contributed by atoms with van der Waals surface area (Å²) in [5.41, 5.74) is 3.17. The Kier molecular flexibility index (Phi) is 5.64. The SMILES string of the molecule is Cc1ccc(F)cc1CNc1cc(F)c(S(=O)(=O)Nc2cscn2)cc1Cl. The standard InChI is InChI=1S/C17H14ClF2N3O2S2/c1-10-2-3-12(19)4-11(10)7-21-15-6-14(20)16(5-13(15)18)27(24,25)23-17-8-26-9-22-17/h2-6,8-9,21,23H,7H2,1H3. The Morgan fingerprint density at radius 1 is 1.22 bits per heavy atom. The Bertz CT molecular complexity index is 1070. The van der Waals surface area contributed by atoms with Crippen LogP contribution >= 0.6 is 22.9 Å². The van der Waals surface area contributed by atoms with Crippen LogP contribution in [0.25, 0.3) is 0 Å². The van der Waals surface area contributed by atoms with Crippen LogP contribution in [0.3, 0.4) is 0 Å². The number of sulfonamides is 1. The van der Waals surface area contributed by atoms with Gasteiger partial charge in [-0.3, -0.25) is 4.72 Å². The van der Waals surface area contributed by atoms with Crippen LogP contribution in [0.15, 0.2) is 46.1 Å². The first-order valence-electron chi connectivity index (χ1n) is 7.65. The fourth-order valence-corrected chi connectivity index (χ4v) is 4.29. The van der Waals surface area contributed by atoms with E-state index in [9.17, 15) is 17.2 Å². The highest BCUT2D eigenvalue weighted by atomic mass is 35.5. The van der Waals surface area contributed by atoms with Crippen molar-refractivity contribution >= 4 is 44.5 Å². The lowest BCUT2D eigenvalue weighted by Gasteiger charge is -2.13. The smallest absolute Gasteiger partial charge is 0.266 e. The molecule has 2 N–H and O–H groups in total. The number of hydrogen-bond acceptors (Lipinski definition) is 5. The van der Waals surface area contributed by atoms with Crippen LogP contribution in [-0.4, -0.2) is 13.4 Å². The molecule has 0 spiro atoms. The van der Waals surface area contributed by atoms with E-state index in [0.29, 0.717) is 5.56 Å². The number of anilines is 2. The molecule has 3 aromatic rings. The van der Waals surface area contributed by atoms with Gasteiger partial charge in [-0.2, -0.15) is 0 Å². The topological polar surface area (TPSA) is 71.1 Å². The number of hydrogen-bond donors (Lipinski definition) is 2. The molecule has 142 valence electrons. The first-order chi connectivity index (χ1) is 12.8. The van der Waals surface area contributed by atoms with Gasteiger partial charge in [-0.25, -0.2) is 22.2 Å². The van der Waals surface area contributed by atoms with Crippen LogP contribution in [0.2, 0.25) is 5.02 Å². The van der Waals surface area contributed by atoms with E-state index in [1.54, 1.807) is 6.07 Å². The van der Waals surface area contributed by atoms with Gasteiger partial charge in [0.2, 0.25) is 0 Å². The Hall–Kier alpha value is -2.23. The van der Waals surface area contributed by atoms with E-state index in [-0.39, 0.29) is 28.9 Å². The Balaban J connectivity index is 1.83. The van der Waals surface area contributed by atoms with Crippen LogP contribution in [0.1, 0.15) is 11.1 Å². The molecule has 0 aliphatic rings. The van der Waals surface area contributed by atoms with Crippen molar-refractivity contribution < 1.29 is 17.2 Å². The molecule has 0 unspecified atom stereocenters. The van der Waals surface area contributed by atoms with E-state index in [4.69, 9.17) is 11.6 Å². The molecule has 5 nitrogen and oxygen atoms in total. The second kappa shape index (κ2) is 7.79. The predicted molar refractivity (Wildman–Crippen MR) is 103 cm³/mol. The van der Waals surface area contributed by atoms with Crippen molar-refractivity contribution in [2.45, 2.75) is 18.4 Å². The van der Waals surface area contributed by atoms with Crippen LogP contribution in [0.5, 0.6) is 0 Å². The largest absolute Gasteiger partial charge is 0.380 e. The lowest BCUT2D eigenvalue weighted by molar-refractivity contribution is 0.570. The summed E-state index contributed by atoms with van der Waals surface area (Å²) in [4.78, 5) is 3.21. The molecule has 1 heterocycles. The number of nitrogens with zero attached hydrogens (tertiary/aromatic N) is 1. The zero-order valence-electron chi connectivity index (χ0n) is 14.0. The average molecular weight is 430 g/mol. The maximum Gasteiger partial charge on any atom is 0.266 e. The average Bonchev–Trinajstić information content (AvgIpc) is 3.10. The first-order valence-corrected chi connectivity index (χ1v) is 10.5. The lowest BCUT2D eigenvalue weighted by Crippen LogP contribution is -2.15. The van der Waals surface area contributed by atoms with Gasteiger partial charge >= 0.3 is 0 Å². The third-order valence-electron chi connectivity index (χ3n) is 3.76. The Morgan fingerprint density at radius 3 is 2.70 bits per heavy atom. The number of rotatable bonds is 6. The molecule has 0 radical (unpaired) electrons. The number of halogens is 3. The van der Waals surface area contributed by atoms with E-state index in [2.05, 4.69) is 15.0 Å². The predicted octanol–water partition coefficient (Wildman–Crippen LogP) is 4.80. The fraction of sp³-hybridized carbons (Fsp3) is 0.118. The van der Waals surface area contributed by atoms with Gasteiger partial charge < -0.3 is 5.32 Å². The van der Waals surface area contributed by atoms with Crippen LogP contribution < -0.4 is 10.0 Å². The molecular weight excluding hydrogens is 416 g/mol. The number of aryl methyl sites for hydroxylation is 1. The molecule has 2 aromatic carbocycles. The number of benzene rings is 2. The molecule has 0 aliphatic carbocycles. The van der Waals surface area contributed by atoms with Crippen molar-refractivity contribution in [2.24, 2.45) is 0 Å². The van der Waals surface area contributed by atoms with E-state index in [0.717, 1.165) is 17.7 Å². The lowest BCUT2D eigenvalue weighted by atomic mass is 10.1. The van der Waals surface area contributed by atoms with Crippen molar-refractivity contribution in [1.29, 1.82) is 0 Å². The number of thiazole rings is 1. The summed E-state index contributed by atoms with van der Waals surface area (Å²) < 4.78 is 54.7. The molecular formula is C17H14ClF2N3O2S2. The molecule has 27 heavy (non-hydrogen) atoms. The Labute approximate surface area is 164 Å². The summed E-state index contributed by atoms with van der Waals surface area (Å²) in [6, 6.07) is 6.36. The molecule has 3 rings (SSSR count). The third-order valence-corrected chi connectivity index (χ3v) is 6.03. The summed E-state index contributed by atoms with van der Waals surface area (Å²) in [6.07, 6.45) is 0. The van der Waals surface area contributed by atoms with Gasteiger partial charge in [-0.05, 0) is 42.3 Å². The second-order valence-electron chi connectivity index (χ2n) is 5.67.